The fraction of sp³-hybridized carbons (Fsp3) is 0. The first-order chi connectivity index (χ1) is 4.30. The maximum atomic E-state index is 10.2. The molecule has 0 fully saturated rings. The van der Waals surface area contributed by atoms with Gasteiger partial charge in [0.2, 0.25) is 0 Å². The van der Waals surface area contributed by atoms with Crippen LogP contribution in [0.3, 0.4) is 0 Å². The van der Waals surface area contributed by atoms with Crippen LogP contribution < -0.4 is 0 Å². The Bertz CT molecular complexity index is 208. The van der Waals surface area contributed by atoms with E-state index in [2.05, 4.69) is 0 Å². The molecule has 0 unspecified atom stereocenters. The zero-order valence-corrected chi connectivity index (χ0v) is 10.9. The van der Waals surface area contributed by atoms with E-state index in [-0.39, 0.29) is 27.3 Å². The summed E-state index contributed by atoms with van der Waals surface area (Å²) in [7, 11) is 0. The van der Waals surface area contributed by atoms with Crippen molar-refractivity contribution < 1.29 is 9.90 Å². The van der Waals surface area contributed by atoms with Gasteiger partial charge in [0, 0.05) is 0 Å². The van der Waals surface area contributed by atoms with Crippen LogP contribution in [0.5, 0.6) is 0 Å². The van der Waals surface area contributed by atoms with Crippen molar-refractivity contribution in [2.24, 2.45) is 0 Å². The molecule has 0 aliphatic rings. The Kier molecular flexibility index (Phi) is 4.26. The summed E-state index contributed by atoms with van der Waals surface area (Å²) < 4.78 is 0. The first kappa shape index (κ1) is 9.61. The number of aromatic carboxylic acids is 1. The second-order valence-corrected chi connectivity index (χ2v) is 1.67. The molecule has 1 N–H and O–H groups in total. The Morgan fingerprint density at radius 1 is 1.20 bits per heavy atom. The van der Waals surface area contributed by atoms with Crippen molar-refractivity contribution >= 4 is 33.3 Å². The molecule has 3 heteroatoms. The Morgan fingerprint density at radius 2 is 1.70 bits per heavy atom. The van der Waals surface area contributed by atoms with Crippen LogP contribution in [0.4, 0.5) is 0 Å². The number of rotatable bonds is 1. The normalized spacial score (nSPS) is 8.00. The van der Waals surface area contributed by atoms with Crippen LogP contribution in [0.1, 0.15) is 10.4 Å². The fourth-order valence-corrected chi connectivity index (χ4v) is 0.581. The number of carboxylic acids is 1. The first-order valence-electron chi connectivity index (χ1n) is 2.59. The van der Waals surface area contributed by atoms with Gasteiger partial charge in [-0.05, 0) is 12.1 Å². The van der Waals surface area contributed by atoms with Gasteiger partial charge < -0.3 is 5.11 Å². The van der Waals surface area contributed by atoms with E-state index >= 15 is 0 Å². The third kappa shape index (κ3) is 2.47. The van der Waals surface area contributed by atoms with Gasteiger partial charge in [-0.3, -0.25) is 0 Å². The van der Waals surface area contributed by atoms with E-state index < -0.39 is 5.97 Å². The van der Waals surface area contributed by atoms with E-state index in [1.54, 1.807) is 30.3 Å². The standard InChI is InChI=1S/C7H6O2.Pb.2H/c8-7(9)6-4-2-1-3-5-6;;;/h1-5H,(H,8,9);;;. The van der Waals surface area contributed by atoms with Gasteiger partial charge in [0.15, 0.2) is 0 Å². The molecule has 0 bridgehead atoms. The summed E-state index contributed by atoms with van der Waals surface area (Å²) in [5, 5.41) is 8.38. The van der Waals surface area contributed by atoms with Gasteiger partial charge in [-0.1, -0.05) is 18.2 Å². The van der Waals surface area contributed by atoms with Gasteiger partial charge in [-0.15, -0.1) is 0 Å². The molecular formula is C7H8O2Pb. The number of hydrogen-bond acceptors (Lipinski definition) is 1. The maximum absolute atomic E-state index is 10.2. The van der Waals surface area contributed by atoms with Crippen molar-refractivity contribution in [3.05, 3.63) is 35.9 Å². The van der Waals surface area contributed by atoms with Crippen LogP contribution in [-0.2, 0) is 0 Å². The van der Waals surface area contributed by atoms with E-state index in [0.717, 1.165) is 0 Å². The van der Waals surface area contributed by atoms with Crippen LogP contribution in [0.15, 0.2) is 30.3 Å². The molecule has 0 saturated heterocycles. The molecule has 1 aromatic rings. The first-order valence-corrected chi connectivity index (χ1v) is 2.59. The topological polar surface area (TPSA) is 37.3 Å². The molecule has 0 heterocycles. The van der Waals surface area contributed by atoms with Crippen molar-refractivity contribution in [1.29, 1.82) is 0 Å². The molecule has 0 atom stereocenters. The van der Waals surface area contributed by atoms with Gasteiger partial charge >= 0.3 is 33.3 Å². The summed E-state index contributed by atoms with van der Waals surface area (Å²) in [6, 6.07) is 8.30. The average molecular weight is 331 g/mol. The van der Waals surface area contributed by atoms with Crippen molar-refractivity contribution in [3.8, 4) is 0 Å². The number of hydrogen-bond donors (Lipinski definition) is 1. The monoisotopic (exact) mass is 332 g/mol. The van der Waals surface area contributed by atoms with Gasteiger partial charge in [-0.2, -0.15) is 0 Å². The summed E-state index contributed by atoms with van der Waals surface area (Å²) in [5.74, 6) is -0.879. The molecule has 0 aliphatic carbocycles. The molecular weight excluding hydrogens is 323 g/mol. The Labute approximate surface area is 79.0 Å². The Balaban J connectivity index is 0.000000810. The Morgan fingerprint density at radius 3 is 2.00 bits per heavy atom. The van der Waals surface area contributed by atoms with Gasteiger partial charge in [0.25, 0.3) is 0 Å². The van der Waals surface area contributed by atoms with Gasteiger partial charge in [-0.25, -0.2) is 4.79 Å². The van der Waals surface area contributed by atoms with E-state index in [0.29, 0.717) is 5.56 Å². The molecule has 2 nitrogen and oxygen atoms in total. The van der Waals surface area contributed by atoms with Crippen LogP contribution >= 0.6 is 0 Å². The van der Waals surface area contributed by atoms with Crippen molar-refractivity contribution in [3.63, 3.8) is 0 Å². The molecule has 52 valence electrons. The molecule has 0 saturated carbocycles. The molecule has 0 aromatic heterocycles. The van der Waals surface area contributed by atoms with Crippen molar-refractivity contribution in [2.45, 2.75) is 0 Å². The summed E-state index contributed by atoms with van der Waals surface area (Å²) in [6.07, 6.45) is 0. The minimum atomic E-state index is -0.879. The van der Waals surface area contributed by atoms with Crippen molar-refractivity contribution in [2.75, 3.05) is 0 Å². The number of benzene rings is 1. The number of carboxylic acid groups (broad SMARTS) is 1. The third-order valence-corrected chi connectivity index (χ3v) is 1.02. The molecule has 10 heavy (non-hydrogen) atoms. The second-order valence-electron chi connectivity index (χ2n) is 1.67. The van der Waals surface area contributed by atoms with Gasteiger partial charge in [0.1, 0.15) is 0 Å². The molecule has 2 radical (unpaired) electrons. The minimum absolute atomic E-state index is 0. The van der Waals surface area contributed by atoms with E-state index in [1.807, 2.05) is 0 Å². The molecule has 1 rings (SSSR count). The zero-order valence-electron chi connectivity index (χ0n) is 5.45. The van der Waals surface area contributed by atoms with Crippen molar-refractivity contribution in [1.82, 2.24) is 0 Å². The third-order valence-electron chi connectivity index (χ3n) is 1.02. The molecule has 0 amide bonds. The quantitative estimate of drug-likeness (QED) is 0.760. The molecule has 1 aromatic carbocycles. The predicted molar refractivity (Wildman–Crippen MR) is 41.9 cm³/mol. The average Bonchev–Trinajstić information content (AvgIpc) is 1.90. The summed E-state index contributed by atoms with van der Waals surface area (Å²) in [5.41, 5.74) is 0.331. The SMILES string of the molecule is O=C(O)c1ccccc1.[PbH2]. The van der Waals surface area contributed by atoms with E-state index in [4.69, 9.17) is 5.11 Å². The summed E-state index contributed by atoms with van der Waals surface area (Å²) >= 11 is 0. The molecule has 0 spiro atoms. The van der Waals surface area contributed by atoms with Crippen LogP contribution in [0, 0.1) is 0 Å². The number of carbonyl (C=O) groups is 1. The van der Waals surface area contributed by atoms with Crippen LogP contribution in [0.2, 0.25) is 0 Å². The summed E-state index contributed by atoms with van der Waals surface area (Å²) in [4.78, 5) is 10.2. The Hall–Kier alpha value is -0.388. The van der Waals surface area contributed by atoms with E-state index in [1.165, 1.54) is 0 Å². The van der Waals surface area contributed by atoms with Gasteiger partial charge in [0.05, 0.1) is 5.56 Å². The van der Waals surface area contributed by atoms with E-state index in [9.17, 15) is 4.79 Å². The van der Waals surface area contributed by atoms with Crippen LogP contribution in [0.25, 0.3) is 0 Å². The van der Waals surface area contributed by atoms with Crippen LogP contribution in [-0.4, -0.2) is 38.4 Å². The summed E-state index contributed by atoms with van der Waals surface area (Å²) in [6.45, 7) is 0. The predicted octanol–water partition coefficient (Wildman–Crippen LogP) is 0.469. The molecule has 0 aliphatic heterocycles. The second kappa shape index (κ2) is 4.43. The zero-order chi connectivity index (χ0) is 6.69. The fourth-order valence-electron chi connectivity index (χ4n) is 0.581.